The van der Waals surface area contributed by atoms with Gasteiger partial charge in [0, 0.05) is 0 Å². The van der Waals surface area contributed by atoms with E-state index in [9.17, 15) is 8.96 Å². The second-order valence-corrected chi connectivity index (χ2v) is 5.14. The molecular weight excluding hydrogens is 244 g/mol. The van der Waals surface area contributed by atoms with E-state index < -0.39 is 13.4 Å². The van der Waals surface area contributed by atoms with Crippen molar-refractivity contribution in [3.8, 4) is 6.07 Å². The average Bonchev–Trinajstić information content (AvgIpc) is 2.30. The van der Waals surface area contributed by atoms with E-state index in [0.717, 1.165) is 6.07 Å². The summed E-state index contributed by atoms with van der Waals surface area (Å²) >= 11 is 0. The van der Waals surface area contributed by atoms with Crippen LogP contribution in [0.2, 0.25) is 0 Å². The van der Waals surface area contributed by atoms with Crippen molar-refractivity contribution in [1.29, 1.82) is 5.26 Å². The van der Waals surface area contributed by atoms with Gasteiger partial charge in [0.1, 0.15) is 11.9 Å². The fourth-order valence-electron chi connectivity index (χ4n) is 1.30. The van der Waals surface area contributed by atoms with Crippen LogP contribution in [0.1, 0.15) is 19.4 Å². The summed E-state index contributed by atoms with van der Waals surface area (Å²) in [6, 6.07) is 5.27. The van der Waals surface area contributed by atoms with E-state index in [-0.39, 0.29) is 24.1 Å². The minimum Gasteiger partial charge on any atom is -0.305 e. The first-order valence-corrected chi connectivity index (χ1v) is 6.71. The van der Waals surface area contributed by atoms with Crippen LogP contribution in [-0.4, -0.2) is 13.2 Å². The number of nitrogens with zero attached hydrogens (tertiary/aromatic N) is 1. The van der Waals surface area contributed by atoms with Gasteiger partial charge in [-0.2, -0.15) is 5.26 Å². The highest BCUT2D eigenvalue weighted by atomic mass is 31.2. The molecule has 0 fully saturated rings. The van der Waals surface area contributed by atoms with E-state index in [2.05, 4.69) is 0 Å². The molecule has 17 heavy (non-hydrogen) atoms. The fraction of sp³-hybridized carbons (Fsp3) is 0.364. The highest BCUT2D eigenvalue weighted by molar-refractivity contribution is 7.62. The molecule has 6 heteroatoms. The molecule has 0 unspecified atom stereocenters. The van der Waals surface area contributed by atoms with Gasteiger partial charge in [-0.25, -0.2) is 4.39 Å². The Morgan fingerprint density at radius 2 is 1.94 bits per heavy atom. The van der Waals surface area contributed by atoms with Crippen molar-refractivity contribution in [2.75, 3.05) is 13.2 Å². The number of halogens is 1. The van der Waals surface area contributed by atoms with Crippen molar-refractivity contribution >= 4 is 12.9 Å². The second kappa shape index (κ2) is 5.92. The van der Waals surface area contributed by atoms with Gasteiger partial charge in [0.2, 0.25) is 0 Å². The maximum absolute atomic E-state index is 13.1. The Bertz CT molecular complexity index is 474. The molecule has 1 aromatic rings. The summed E-state index contributed by atoms with van der Waals surface area (Å²) in [7, 11) is -3.45. The van der Waals surface area contributed by atoms with E-state index in [0.29, 0.717) is 0 Å². The minimum absolute atomic E-state index is 0.179. The van der Waals surface area contributed by atoms with Gasteiger partial charge in [-0.3, -0.25) is 4.57 Å². The number of hydrogen-bond donors (Lipinski definition) is 0. The van der Waals surface area contributed by atoms with Crippen molar-refractivity contribution in [3.05, 3.63) is 29.6 Å². The summed E-state index contributed by atoms with van der Waals surface area (Å²) in [4.78, 5) is 0. The lowest BCUT2D eigenvalue weighted by Crippen LogP contribution is -2.11. The molecule has 1 aromatic carbocycles. The quantitative estimate of drug-likeness (QED) is 0.761. The van der Waals surface area contributed by atoms with Gasteiger partial charge >= 0.3 is 7.60 Å². The molecule has 0 aliphatic heterocycles. The average molecular weight is 257 g/mol. The molecular formula is C11H13FNO3P. The standard InChI is InChI=1S/C11H13FNO3P/c1-3-15-17(14,16-4-2)10-5-6-11(12)9(7-10)8-13/h5-7H,3-4H2,1-2H3. The molecule has 0 radical (unpaired) electrons. The molecule has 1 rings (SSSR count). The minimum atomic E-state index is -3.45. The monoisotopic (exact) mass is 257 g/mol. The second-order valence-electron chi connectivity index (χ2n) is 3.11. The molecule has 0 heterocycles. The number of benzene rings is 1. The van der Waals surface area contributed by atoms with Crippen molar-refractivity contribution in [1.82, 2.24) is 0 Å². The summed E-state index contributed by atoms with van der Waals surface area (Å²) in [5.74, 6) is -0.657. The number of nitriles is 1. The predicted molar refractivity (Wildman–Crippen MR) is 61.6 cm³/mol. The third-order valence-corrected chi connectivity index (χ3v) is 4.09. The van der Waals surface area contributed by atoms with Crippen LogP contribution >= 0.6 is 7.60 Å². The summed E-state index contributed by atoms with van der Waals surface area (Å²) in [6.07, 6.45) is 0. The smallest absolute Gasteiger partial charge is 0.305 e. The zero-order valence-electron chi connectivity index (χ0n) is 9.64. The molecule has 0 amide bonds. The molecule has 0 N–H and O–H groups in total. The summed E-state index contributed by atoms with van der Waals surface area (Å²) in [6.45, 7) is 3.77. The number of rotatable bonds is 5. The van der Waals surface area contributed by atoms with Gasteiger partial charge < -0.3 is 9.05 Å². The van der Waals surface area contributed by atoms with Crippen LogP contribution in [0.3, 0.4) is 0 Å². The Hall–Kier alpha value is -1.21. The molecule has 4 nitrogen and oxygen atoms in total. The topological polar surface area (TPSA) is 59.3 Å². The molecule has 0 saturated carbocycles. The van der Waals surface area contributed by atoms with Crippen molar-refractivity contribution in [3.63, 3.8) is 0 Å². The van der Waals surface area contributed by atoms with Gasteiger partial charge in [0.25, 0.3) is 0 Å². The van der Waals surface area contributed by atoms with E-state index in [1.165, 1.54) is 12.1 Å². The van der Waals surface area contributed by atoms with Crippen LogP contribution < -0.4 is 5.30 Å². The zero-order chi connectivity index (χ0) is 12.9. The molecule has 0 aromatic heterocycles. The molecule has 0 bridgehead atoms. The van der Waals surface area contributed by atoms with Crippen LogP contribution in [-0.2, 0) is 13.6 Å². The first kappa shape index (κ1) is 13.9. The van der Waals surface area contributed by atoms with Gasteiger partial charge in [0.05, 0.1) is 24.1 Å². The van der Waals surface area contributed by atoms with Crippen LogP contribution in [0.25, 0.3) is 0 Å². The van der Waals surface area contributed by atoms with Crippen molar-refractivity contribution < 1.29 is 18.0 Å². The summed E-state index contributed by atoms with van der Waals surface area (Å²) in [5.41, 5.74) is -0.179. The van der Waals surface area contributed by atoms with E-state index in [1.807, 2.05) is 0 Å². The van der Waals surface area contributed by atoms with Gasteiger partial charge in [-0.05, 0) is 32.0 Å². The SMILES string of the molecule is CCOP(=O)(OCC)c1ccc(F)c(C#N)c1. The van der Waals surface area contributed by atoms with E-state index >= 15 is 0 Å². The van der Waals surface area contributed by atoms with E-state index in [4.69, 9.17) is 14.3 Å². The Labute approximate surface area is 99.5 Å². The first-order chi connectivity index (χ1) is 8.07. The molecule has 0 spiro atoms. The normalized spacial score (nSPS) is 11.2. The Balaban J connectivity index is 3.20. The lowest BCUT2D eigenvalue weighted by Gasteiger charge is -2.17. The van der Waals surface area contributed by atoms with Crippen LogP contribution in [0, 0.1) is 17.1 Å². The zero-order valence-corrected chi connectivity index (χ0v) is 10.5. The number of hydrogen-bond acceptors (Lipinski definition) is 4. The van der Waals surface area contributed by atoms with Crippen molar-refractivity contribution in [2.45, 2.75) is 13.8 Å². The Kier molecular flexibility index (Phi) is 4.83. The molecule has 0 atom stereocenters. The molecule has 0 aliphatic carbocycles. The van der Waals surface area contributed by atoms with Crippen LogP contribution in [0.5, 0.6) is 0 Å². The Morgan fingerprint density at radius 3 is 2.41 bits per heavy atom. The highest BCUT2D eigenvalue weighted by Gasteiger charge is 2.27. The molecule has 0 saturated heterocycles. The molecule has 92 valence electrons. The predicted octanol–water partition coefficient (Wildman–Crippen LogP) is 2.59. The maximum Gasteiger partial charge on any atom is 0.361 e. The third-order valence-electron chi connectivity index (χ3n) is 1.98. The third kappa shape index (κ3) is 3.13. The maximum atomic E-state index is 13.1. The first-order valence-electron chi connectivity index (χ1n) is 5.16. The van der Waals surface area contributed by atoms with Gasteiger partial charge in [-0.1, -0.05) is 0 Å². The fourth-order valence-corrected chi connectivity index (χ4v) is 2.89. The van der Waals surface area contributed by atoms with E-state index in [1.54, 1.807) is 19.9 Å². The largest absolute Gasteiger partial charge is 0.361 e. The van der Waals surface area contributed by atoms with Crippen molar-refractivity contribution in [2.24, 2.45) is 0 Å². The highest BCUT2D eigenvalue weighted by Crippen LogP contribution is 2.46. The molecule has 0 aliphatic rings. The Morgan fingerprint density at radius 1 is 1.35 bits per heavy atom. The summed E-state index contributed by atoms with van der Waals surface area (Å²) < 4.78 is 35.6. The summed E-state index contributed by atoms with van der Waals surface area (Å²) in [5, 5.41) is 8.90. The lowest BCUT2D eigenvalue weighted by molar-refractivity contribution is 0.230. The van der Waals surface area contributed by atoms with Crippen LogP contribution in [0.4, 0.5) is 4.39 Å². The lowest BCUT2D eigenvalue weighted by atomic mass is 10.2. The van der Waals surface area contributed by atoms with Gasteiger partial charge in [-0.15, -0.1) is 0 Å². The van der Waals surface area contributed by atoms with Crippen LogP contribution in [0.15, 0.2) is 18.2 Å². The van der Waals surface area contributed by atoms with Gasteiger partial charge in [0.15, 0.2) is 0 Å².